The van der Waals surface area contributed by atoms with Gasteiger partial charge in [-0.3, -0.25) is 10.1 Å². The van der Waals surface area contributed by atoms with Gasteiger partial charge in [-0.2, -0.15) is 0 Å². The summed E-state index contributed by atoms with van der Waals surface area (Å²) >= 11 is 0. The standard InChI is InChI=1S/C15H14N2O2/c1-2-15(12-6-4-3-5-7-12)16-13-8-10-14(11-9-13)17(18)19/h2-11,15-16H,1H2. The third-order valence-electron chi connectivity index (χ3n) is 2.79. The van der Waals surface area contributed by atoms with Crippen LogP contribution in [0.5, 0.6) is 0 Å². The Morgan fingerprint density at radius 1 is 1.11 bits per heavy atom. The minimum absolute atomic E-state index is 0.0253. The van der Waals surface area contributed by atoms with E-state index in [1.165, 1.54) is 12.1 Å². The Kier molecular flexibility index (Phi) is 3.93. The van der Waals surface area contributed by atoms with Crippen LogP contribution >= 0.6 is 0 Å². The molecule has 1 N–H and O–H groups in total. The average Bonchev–Trinajstić information content (AvgIpc) is 2.46. The maximum absolute atomic E-state index is 10.6. The van der Waals surface area contributed by atoms with Gasteiger partial charge in [0.25, 0.3) is 5.69 Å². The summed E-state index contributed by atoms with van der Waals surface area (Å²) in [5, 5.41) is 13.9. The Morgan fingerprint density at radius 3 is 2.26 bits per heavy atom. The van der Waals surface area contributed by atoms with E-state index >= 15 is 0 Å². The lowest BCUT2D eigenvalue weighted by atomic mass is 10.1. The molecule has 0 saturated heterocycles. The number of non-ortho nitro benzene ring substituents is 1. The van der Waals surface area contributed by atoms with E-state index in [4.69, 9.17) is 0 Å². The maximum atomic E-state index is 10.6. The van der Waals surface area contributed by atoms with Crippen LogP contribution in [0.25, 0.3) is 0 Å². The summed E-state index contributed by atoms with van der Waals surface area (Å²) in [6, 6.07) is 16.2. The molecular formula is C15H14N2O2. The average molecular weight is 254 g/mol. The summed E-state index contributed by atoms with van der Waals surface area (Å²) in [6.45, 7) is 3.81. The van der Waals surface area contributed by atoms with Crippen LogP contribution in [0.1, 0.15) is 11.6 Å². The molecule has 19 heavy (non-hydrogen) atoms. The lowest BCUT2D eigenvalue weighted by Crippen LogP contribution is -2.07. The lowest BCUT2D eigenvalue weighted by Gasteiger charge is -2.16. The molecule has 4 nitrogen and oxygen atoms in total. The number of hydrogen-bond donors (Lipinski definition) is 1. The fraction of sp³-hybridized carbons (Fsp3) is 0.0667. The summed E-state index contributed by atoms with van der Waals surface area (Å²) in [6.07, 6.45) is 1.80. The Labute approximate surface area is 111 Å². The van der Waals surface area contributed by atoms with Gasteiger partial charge in [0.15, 0.2) is 0 Å². The fourth-order valence-corrected chi connectivity index (χ4v) is 1.80. The van der Waals surface area contributed by atoms with Crippen molar-refractivity contribution in [3.8, 4) is 0 Å². The Bertz CT molecular complexity index is 564. The van der Waals surface area contributed by atoms with Crippen molar-refractivity contribution in [1.82, 2.24) is 0 Å². The zero-order chi connectivity index (χ0) is 13.7. The number of anilines is 1. The van der Waals surface area contributed by atoms with Crippen molar-refractivity contribution in [2.75, 3.05) is 5.32 Å². The zero-order valence-electron chi connectivity index (χ0n) is 10.3. The Balaban J connectivity index is 2.15. The molecule has 96 valence electrons. The maximum Gasteiger partial charge on any atom is 0.269 e. The molecule has 0 amide bonds. The molecule has 0 saturated carbocycles. The number of nitrogens with zero attached hydrogens (tertiary/aromatic N) is 1. The molecule has 0 aliphatic rings. The zero-order valence-corrected chi connectivity index (χ0v) is 10.3. The van der Waals surface area contributed by atoms with Crippen LogP contribution in [0.15, 0.2) is 67.3 Å². The van der Waals surface area contributed by atoms with E-state index in [1.54, 1.807) is 18.2 Å². The van der Waals surface area contributed by atoms with E-state index in [-0.39, 0.29) is 11.7 Å². The van der Waals surface area contributed by atoms with E-state index in [0.717, 1.165) is 11.3 Å². The summed E-state index contributed by atoms with van der Waals surface area (Å²) in [4.78, 5) is 10.2. The predicted molar refractivity (Wildman–Crippen MR) is 76.1 cm³/mol. The van der Waals surface area contributed by atoms with Crippen LogP contribution in [-0.2, 0) is 0 Å². The lowest BCUT2D eigenvalue weighted by molar-refractivity contribution is -0.384. The van der Waals surface area contributed by atoms with Crippen molar-refractivity contribution < 1.29 is 4.92 Å². The second kappa shape index (κ2) is 5.82. The van der Waals surface area contributed by atoms with Crippen molar-refractivity contribution in [3.63, 3.8) is 0 Å². The third-order valence-corrected chi connectivity index (χ3v) is 2.79. The summed E-state index contributed by atoms with van der Waals surface area (Å²) in [5.74, 6) is 0. The second-order valence-electron chi connectivity index (χ2n) is 4.07. The molecule has 1 atom stereocenters. The van der Waals surface area contributed by atoms with Gasteiger partial charge in [0.1, 0.15) is 0 Å². The Morgan fingerprint density at radius 2 is 1.74 bits per heavy atom. The second-order valence-corrected chi connectivity index (χ2v) is 4.07. The van der Waals surface area contributed by atoms with Gasteiger partial charge in [-0.25, -0.2) is 0 Å². The van der Waals surface area contributed by atoms with Gasteiger partial charge >= 0.3 is 0 Å². The molecule has 4 heteroatoms. The van der Waals surface area contributed by atoms with E-state index in [1.807, 2.05) is 30.3 Å². The van der Waals surface area contributed by atoms with Gasteiger partial charge < -0.3 is 5.32 Å². The molecule has 0 aromatic heterocycles. The SMILES string of the molecule is C=CC(Nc1ccc([N+](=O)[O-])cc1)c1ccccc1. The smallest absolute Gasteiger partial charge is 0.269 e. The van der Waals surface area contributed by atoms with Crippen LogP contribution in [0.3, 0.4) is 0 Å². The summed E-state index contributed by atoms with van der Waals surface area (Å²) in [7, 11) is 0. The van der Waals surface area contributed by atoms with E-state index in [2.05, 4.69) is 11.9 Å². The molecule has 0 aliphatic heterocycles. The van der Waals surface area contributed by atoms with E-state index in [0.29, 0.717) is 0 Å². The van der Waals surface area contributed by atoms with E-state index in [9.17, 15) is 10.1 Å². The van der Waals surface area contributed by atoms with Crippen molar-refractivity contribution >= 4 is 11.4 Å². The van der Waals surface area contributed by atoms with Crippen LogP contribution in [-0.4, -0.2) is 4.92 Å². The van der Waals surface area contributed by atoms with Gasteiger partial charge in [0.05, 0.1) is 11.0 Å². The quantitative estimate of drug-likeness (QED) is 0.499. The molecule has 1 unspecified atom stereocenters. The molecular weight excluding hydrogens is 240 g/mol. The highest BCUT2D eigenvalue weighted by Crippen LogP contribution is 2.22. The molecule has 0 fully saturated rings. The number of benzene rings is 2. The number of nitro benzene ring substituents is 1. The minimum atomic E-state index is -0.411. The van der Waals surface area contributed by atoms with Gasteiger partial charge in [0.2, 0.25) is 0 Å². The molecule has 2 aromatic carbocycles. The van der Waals surface area contributed by atoms with Crippen molar-refractivity contribution in [2.45, 2.75) is 6.04 Å². The first kappa shape index (κ1) is 12.8. The largest absolute Gasteiger partial charge is 0.375 e. The highest BCUT2D eigenvalue weighted by atomic mass is 16.6. The van der Waals surface area contributed by atoms with Crippen molar-refractivity contribution in [1.29, 1.82) is 0 Å². The number of hydrogen-bond acceptors (Lipinski definition) is 3. The highest BCUT2D eigenvalue weighted by Gasteiger charge is 2.08. The number of nitro groups is 1. The normalized spacial score (nSPS) is 11.6. The molecule has 0 radical (unpaired) electrons. The van der Waals surface area contributed by atoms with Crippen LogP contribution in [0.2, 0.25) is 0 Å². The first-order valence-electron chi connectivity index (χ1n) is 5.89. The molecule has 2 aromatic rings. The molecule has 0 bridgehead atoms. The van der Waals surface area contributed by atoms with Crippen molar-refractivity contribution in [2.24, 2.45) is 0 Å². The first-order chi connectivity index (χ1) is 9.20. The monoisotopic (exact) mass is 254 g/mol. The van der Waals surface area contributed by atoms with Crippen LogP contribution < -0.4 is 5.32 Å². The van der Waals surface area contributed by atoms with Gasteiger partial charge in [-0.05, 0) is 17.7 Å². The minimum Gasteiger partial charge on any atom is -0.375 e. The van der Waals surface area contributed by atoms with Crippen LogP contribution in [0, 0.1) is 10.1 Å². The summed E-state index contributed by atoms with van der Waals surface area (Å²) < 4.78 is 0. The van der Waals surface area contributed by atoms with E-state index < -0.39 is 4.92 Å². The molecule has 0 spiro atoms. The highest BCUT2D eigenvalue weighted by molar-refractivity contribution is 5.50. The Hall–Kier alpha value is -2.62. The number of nitrogens with one attached hydrogen (secondary N) is 1. The fourth-order valence-electron chi connectivity index (χ4n) is 1.80. The number of rotatable bonds is 5. The molecule has 0 heterocycles. The molecule has 0 aliphatic carbocycles. The topological polar surface area (TPSA) is 55.2 Å². The molecule has 2 rings (SSSR count). The summed E-state index contributed by atoms with van der Waals surface area (Å²) in [5.41, 5.74) is 2.00. The predicted octanol–water partition coefficient (Wildman–Crippen LogP) is 3.93. The first-order valence-corrected chi connectivity index (χ1v) is 5.89. The van der Waals surface area contributed by atoms with Gasteiger partial charge in [0, 0.05) is 17.8 Å². The van der Waals surface area contributed by atoms with Gasteiger partial charge in [-0.15, -0.1) is 6.58 Å². The van der Waals surface area contributed by atoms with Crippen LogP contribution in [0.4, 0.5) is 11.4 Å². The van der Waals surface area contributed by atoms with Gasteiger partial charge in [-0.1, -0.05) is 36.4 Å². The third kappa shape index (κ3) is 3.19. The van der Waals surface area contributed by atoms with Crippen molar-refractivity contribution in [3.05, 3.63) is 82.9 Å².